The van der Waals surface area contributed by atoms with Crippen LogP contribution in [0.4, 0.5) is 5.69 Å². The lowest BCUT2D eigenvalue weighted by Gasteiger charge is -2.41. The highest BCUT2D eigenvalue weighted by Crippen LogP contribution is 2.40. The van der Waals surface area contributed by atoms with Gasteiger partial charge in [-0.25, -0.2) is 0 Å². The maximum absolute atomic E-state index is 13.0. The lowest BCUT2D eigenvalue weighted by atomic mass is 9.88. The van der Waals surface area contributed by atoms with E-state index >= 15 is 0 Å². The van der Waals surface area contributed by atoms with Gasteiger partial charge in [0.2, 0.25) is 0 Å². The number of allylic oxidation sites excluding steroid dienone is 1. The molecule has 0 radical (unpaired) electrons. The van der Waals surface area contributed by atoms with Crippen LogP contribution in [0.15, 0.2) is 60.7 Å². The van der Waals surface area contributed by atoms with Gasteiger partial charge in [0.1, 0.15) is 5.75 Å². The van der Waals surface area contributed by atoms with Crippen LogP contribution in [-0.2, 0) is 4.79 Å². The third-order valence-electron chi connectivity index (χ3n) is 4.45. The minimum absolute atomic E-state index is 0.0379. The van der Waals surface area contributed by atoms with E-state index in [1.54, 1.807) is 13.2 Å². The molecule has 0 aromatic heterocycles. The number of rotatable bonds is 3. The standard InChI is InChI=1S/C22H23NO2/c1-16-15-22(2,3)23(20-12-11-18(25-4)14-19(16)20)21(24)13-10-17-8-6-5-7-9-17/h5-15H,1-4H3/b13-10+. The number of nitrogens with zero attached hydrogens (tertiary/aromatic N) is 1. The van der Waals surface area contributed by atoms with E-state index in [1.807, 2.05) is 59.5 Å². The maximum atomic E-state index is 13.0. The highest BCUT2D eigenvalue weighted by atomic mass is 16.5. The fourth-order valence-electron chi connectivity index (χ4n) is 3.34. The molecule has 3 rings (SSSR count). The molecule has 0 aliphatic carbocycles. The smallest absolute Gasteiger partial charge is 0.251 e. The lowest BCUT2D eigenvalue weighted by Crippen LogP contribution is -2.48. The van der Waals surface area contributed by atoms with E-state index in [2.05, 4.69) is 26.8 Å². The molecule has 0 atom stereocenters. The van der Waals surface area contributed by atoms with Gasteiger partial charge < -0.3 is 4.74 Å². The van der Waals surface area contributed by atoms with E-state index in [0.29, 0.717) is 0 Å². The third-order valence-corrected chi connectivity index (χ3v) is 4.45. The SMILES string of the molecule is COc1ccc2c(c1)C(C)=CC(C)(C)N2C(=O)/C=C/c1ccccc1. The Morgan fingerprint density at radius 3 is 2.52 bits per heavy atom. The highest BCUT2D eigenvalue weighted by molar-refractivity contribution is 6.08. The predicted molar refractivity (Wildman–Crippen MR) is 104 cm³/mol. The summed E-state index contributed by atoms with van der Waals surface area (Å²) in [4.78, 5) is 14.8. The molecule has 0 saturated heterocycles. The van der Waals surface area contributed by atoms with E-state index in [-0.39, 0.29) is 5.91 Å². The molecule has 3 nitrogen and oxygen atoms in total. The number of benzene rings is 2. The van der Waals surface area contributed by atoms with Crippen molar-refractivity contribution in [3.63, 3.8) is 0 Å². The van der Waals surface area contributed by atoms with Gasteiger partial charge in [0.25, 0.3) is 5.91 Å². The van der Waals surface area contributed by atoms with Crippen molar-refractivity contribution < 1.29 is 9.53 Å². The summed E-state index contributed by atoms with van der Waals surface area (Å²) in [7, 11) is 1.65. The first kappa shape index (κ1) is 17.0. The van der Waals surface area contributed by atoms with Gasteiger partial charge in [0, 0.05) is 11.6 Å². The van der Waals surface area contributed by atoms with E-state index < -0.39 is 5.54 Å². The van der Waals surface area contributed by atoms with Crippen molar-refractivity contribution in [2.45, 2.75) is 26.3 Å². The molecule has 0 spiro atoms. The molecular weight excluding hydrogens is 310 g/mol. The van der Waals surface area contributed by atoms with E-state index in [0.717, 1.165) is 28.1 Å². The van der Waals surface area contributed by atoms with Gasteiger partial charge in [-0.05, 0) is 56.2 Å². The number of hydrogen-bond acceptors (Lipinski definition) is 2. The van der Waals surface area contributed by atoms with Crippen molar-refractivity contribution in [3.05, 3.63) is 71.8 Å². The quantitative estimate of drug-likeness (QED) is 0.745. The van der Waals surface area contributed by atoms with Gasteiger partial charge in [0.05, 0.1) is 18.3 Å². The Labute approximate surface area is 149 Å². The van der Waals surface area contributed by atoms with Crippen molar-refractivity contribution in [1.82, 2.24) is 0 Å². The first-order chi connectivity index (χ1) is 11.9. The van der Waals surface area contributed by atoms with Crippen LogP contribution in [-0.4, -0.2) is 18.6 Å². The van der Waals surface area contributed by atoms with Gasteiger partial charge in [-0.15, -0.1) is 0 Å². The zero-order valence-electron chi connectivity index (χ0n) is 15.1. The second kappa shape index (κ2) is 6.60. The Hall–Kier alpha value is -2.81. The van der Waals surface area contributed by atoms with Crippen LogP contribution < -0.4 is 9.64 Å². The Morgan fingerprint density at radius 1 is 1.12 bits per heavy atom. The molecule has 1 aliphatic rings. The van der Waals surface area contributed by atoms with Crippen LogP contribution in [0.3, 0.4) is 0 Å². The van der Waals surface area contributed by atoms with Gasteiger partial charge in [0.15, 0.2) is 0 Å². The van der Waals surface area contributed by atoms with Gasteiger partial charge in [-0.1, -0.05) is 36.4 Å². The topological polar surface area (TPSA) is 29.5 Å². The van der Waals surface area contributed by atoms with Gasteiger partial charge in [-0.2, -0.15) is 0 Å². The monoisotopic (exact) mass is 333 g/mol. The van der Waals surface area contributed by atoms with Gasteiger partial charge >= 0.3 is 0 Å². The molecule has 25 heavy (non-hydrogen) atoms. The molecule has 128 valence electrons. The summed E-state index contributed by atoms with van der Waals surface area (Å²) < 4.78 is 5.34. The number of amides is 1. The summed E-state index contributed by atoms with van der Waals surface area (Å²) in [5.41, 5.74) is 3.69. The number of methoxy groups -OCH3 is 1. The molecule has 0 unspecified atom stereocenters. The van der Waals surface area contributed by atoms with Crippen LogP contribution in [0.1, 0.15) is 31.9 Å². The average molecular weight is 333 g/mol. The molecule has 3 heteroatoms. The fraction of sp³-hybridized carbons (Fsp3) is 0.227. The zero-order chi connectivity index (χ0) is 18.0. The van der Waals surface area contributed by atoms with Crippen molar-refractivity contribution in [2.24, 2.45) is 0 Å². The second-order valence-electron chi connectivity index (χ2n) is 6.78. The van der Waals surface area contributed by atoms with Crippen molar-refractivity contribution in [1.29, 1.82) is 0 Å². The summed E-state index contributed by atoms with van der Waals surface area (Å²) in [6.45, 7) is 6.18. The summed E-state index contributed by atoms with van der Waals surface area (Å²) in [5, 5.41) is 0. The normalized spacial score (nSPS) is 15.7. The summed E-state index contributed by atoms with van der Waals surface area (Å²) >= 11 is 0. The minimum Gasteiger partial charge on any atom is -0.497 e. The van der Waals surface area contributed by atoms with Crippen LogP contribution in [0.5, 0.6) is 5.75 Å². The summed E-state index contributed by atoms with van der Waals surface area (Å²) in [5.74, 6) is 0.752. The van der Waals surface area contributed by atoms with E-state index in [1.165, 1.54) is 0 Å². The number of anilines is 1. The van der Waals surface area contributed by atoms with Crippen LogP contribution in [0.25, 0.3) is 11.6 Å². The van der Waals surface area contributed by atoms with E-state index in [4.69, 9.17) is 4.74 Å². The first-order valence-electron chi connectivity index (χ1n) is 8.37. The summed E-state index contributed by atoms with van der Waals surface area (Å²) in [6.07, 6.45) is 5.62. The van der Waals surface area contributed by atoms with Crippen LogP contribution >= 0.6 is 0 Å². The van der Waals surface area contributed by atoms with E-state index in [9.17, 15) is 4.79 Å². The Balaban J connectivity index is 2.00. The van der Waals surface area contributed by atoms with Crippen molar-refractivity contribution >= 4 is 23.2 Å². The number of carbonyl (C=O) groups excluding carboxylic acids is 1. The number of fused-ring (bicyclic) bond motifs is 1. The highest BCUT2D eigenvalue weighted by Gasteiger charge is 2.34. The Kier molecular flexibility index (Phi) is 4.49. The number of hydrogen-bond donors (Lipinski definition) is 0. The second-order valence-corrected chi connectivity index (χ2v) is 6.78. The van der Waals surface area contributed by atoms with Crippen LogP contribution in [0, 0.1) is 0 Å². The average Bonchev–Trinajstić information content (AvgIpc) is 2.60. The third kappa shape index (κ3) is 3.36. The van der Waals surface area contributed by atoms with Crippen molar-refractivity contribution in [2.75, 3.05) is 12.0 Å². The molecule has 1 heterocycles. The molecule has 0 fully saturated rings. The Morgan fingerprint density at radius 2 is 1.84 bits per heavy atom. The first-order valence-corrected chi connectivity index (χ1v) is 8.37. The van der Waals surface area contributed by atoms with Gasteiger partial charge in [-0.3, -0.25) is 9.69 Å². The van der Waals surface area contributed by atoms with Crippen LogP contribution in [0.2, 0.25) is 0 Å². The van der Waals surface area contributed by atoms with Crippen molar-refractivity contribution in [3.8, 4) is 5.75 Å². The molecule has 1 amide bonds. The molecule has 0 bridgehead atoms. The number of ether oxygens (including phenoxy) is 1. The molecule has 1 aliphatic heterocycles. The molecule has 0 N–H and O–H groups in total. The molecule has 0 saturated carbocycles. The maximum Gasteiger partial charge on any atom is 0.251 e. The Bertz CT molecular complexity index is 848. The molecule has 2 aromatic rings. The largest absolute Gasteiger partial charge is 0.497 e. The lowest BCUT2D eigenvalue weighted by molar-refractivity contribution is -0.114. The number of carbonyl (C=O) groups is 1. The minimum atomic E-state index is -0.399. The summed E-state index contributed by atoms with van der Waals surface area (Å²) in [6, 6.07) is 15.7. The molecular formula is C22H23NO2. The fourth-order valence-corrected chi connectivity index (χ4v) is 3.34. The molecule has 2 aromatic carbocycles. The zero-order valence-corrected chi connectivity index (χ0v) is 15.1. The predicted octanol–water partition coefficient (Wildman–Crippen LogP) is 4.94.